The summed E-state index contributed by atoms with van der Waals surface area (Å²) in [5.74, 6) is 0.629. The van der Waals surface area contributed by atoms with Gasteiger partial charge in [0, 0.05) is 31.0 Å². The zero-order valence-corrected chi connectivity index (χ0v) is 16.9. The van der Waals surface area contributed by atoms with Gasteiger partial charge in [-0.2, -0.15) is 4.98 Å². The quantitative estimate of drug-likeness (QED) is 0.492. The summed E-state index contributed by atoms with van der Waals surface area (Å²) in [6.07, 6.45) is 3.49. The molecule has 156 valence electrons. The summed E-state index contributed by atoms with van der Waals surface area (Å²) in [6.45, 7) is 2.75. The number of aromatic nitrogens is 2. The fraction of sp³-hybridized carbons (Fsp3) is 0.208. The molecule has 0 radical (unpaired) electrons. The predicted octanol–water partition coefficient (Wildman–Crippen LogP) is 3.67. The molecular formula is C24H21N3O4. The second-order valence-electron chi connectivity index (χ2n) is 7.23. The van der Waals surface area contributed by atoms with E-state index in [1.807, 2.05) is 47.4 Å². The smallest absolute Gasteiger partial charge is 0.301 e. The Balaban J connectivity index is 1.64. The Labute approximate surface area is 178 Å². The topological polar surface area (TPSA) is 77.7 Å². The van der Waals surface area contributed by atoms with Gasteiger partial charge in [-0.15, -0.1) is 0 Å². The monoisotopic (exact) mass is 415 g/mol. The van der Waals surface area contributed by atoms with Crippen molar-refractivity contribution in [3.05, 3.63) is 82.9 Å². The van der Waals surface area contributed by atoms with Crippen molar-refractivity contribution in [2.24, 2.45) is 0 Å². The van der Waals surface area contributed by atoms with E-state index in [0.29, 0.717) is 55.6 Å². The lowest BCUT2D eigenvalue weighted by Crippen LogP contribution is -2.37. The van der Waals surface area contributed by atoms with Gasteiger partial charge in [-0.3, -0.25) is 9.78 Å². The van der Waals surface area contributed by atoms with Crippen molar-refractivity contribution in [1.82, 2.24) is 9.97 Å². The second-order valence-corrected chi connectivity index (χ2v) is 7.23. The standard InChI is InChI=1S/C24H21N3O4/c28-23-19-8-9-20(30-16-17-5-4-10-25-15-17)21(18-6-2-1-3-7-18)22(19)31-24(26-23)27-11-13-29-14-12-27/h1-10,15H,11-14,16H2. The highest BCUT2D eigenvalue weighted by Gasteiger charge is 2.21. The third-order valence-electron chi connectivity index (χ3n) is 5.20. The molecule has 0 amide bonds. The maximum Gasteiger partial charge on any atom is 0.301 e. The summed E-state index contributed by atoms with van der Waals surface area (Å²) in [6, 6.07) is 17.4. The van der Waals surface area contributed by atoms with Crippen LogP contribution in [0, 0.1) is 0 Å². The van der Waals surface area contributed by atoms with E-state index in [4.69, 9.17) is 13.9 Å². The lowest BCUT2D eigenvalue weighted by Gasteiger charge is -2.26. The van der Waals surface area contributed by atoms with E-state index in [1.165, 1.54) is 0 Å². The van der Waals surface area contributed by atoms with Gasteiger partial charge in [0.05, 0.1) is 24.2 Å². The summed E-state index contributed by atoms with van der Waals surface area (Å²) in [5, 5.41) is 0.421. The van der Waals surface area contributed by atoms with Crippen LogP contribution in [-0.4, -0.2) is 36.3 Å². The molecule has 7 heteroatoms. The molecule has 0 spiro atoms. The molecule has 1 fully saturated rings. The summed E-state index contributed by atoms with van der Waals surface area (Å²) < 4.78 is 17.8. The minimum atomic E-state index is -0.321. The number of pyridine rings is 1. The molecular weight excluding hydrogens is 394 g/mol. The fourth-order valence-corrected chi connectivity index (χ4v) is 3.63. The number of hydrogen-bond donors (Lipinski definition) is 0. The number of fused-ring (bicyclic) bond motifs is 1. The molecule has 1 saturated heterocycles. The molecule has 1 aliphatic rings. The highest BCUT2D eigenvalue weighted by atomic mass is 16.5. The van der Waals surface area contributed by atoms with Crippen LogP contribution < -0.4 is 15.2 Å². The number of anilines is 1. The molecule has 2 aromatic carbocycles. The summed E-state index contributed by atoms with van der Waals surface area (Å²) in [7, 11) is 0. The van der Waals surface area contributed by atoms with Crippen LogP contribution in [0.2, 0.25) is 0 Å². The van der Waals surface area contributed by atoms with Gasteiger partial charge < -0.3 is 18.8 Å². The zero-order chi connectivity index (χ0) is 21.0. The number of rotatable bonds is 5. The van der Waals surface area contributed by atoms with Gasteiger partial charge in [-0.25, -0.2) is 0 Å². The van der Waals surface area contributed by atoms with Crippen LogP contribution in [0.5, 0.6) is 5.75 Å². The lowest BCUT2D eigenvalue weighted by molar-refractivity contribution is 0.120. The van der Waals surface area contributed by atoms with Gasteiger partial charge in [0.15, 0.2) is 5.58 Å². The van der Waals surface area contributed by atoms with Crippen LogP contribution in [0.4, 0.5) is 6.01 Å². The van der Waals surface area contributed by atoms with Gasteiger partial charge in [0.25, 0.3) is 5.56 Å². The molecule has 1 aliphatic heterocycles. The summed E-state index contributed by atoms with van der Waals surface area (Å²) >= 11 is 0. The van der Waals surface area contributed by atoms with Crippen molar-refractivity contribution in [3.63, 3.8) is 0 Å². The van der Waals surface area contributed by atoms with E-state index in [2.05, 4.69) is 9.97 Å². The van der Waals surface area contributed by atoms with Gasteiger partial charge in [-0.05, 0) is 23.8 Å². The van der Waals surface area contributed by atoms with Crippen LogP contribution in [-0.2, 0) is 11.3 Å². The van der Waals surface area contributed by atoms with Gasteiger partial charge in [0.2, 0.25) is 0 Å². The SMILES string of the molecule is O=c1nc(N2CCOCC2)oc2c(-c3ccccc3)c(OCc3cccnc3)ccc12. The van der Waals surface area contributed by atoms with Crippen molar-refractivity contribution >= 4 is 17.0 Å². The summed E-state index contributed by atoms with van der Waals surface area (Å²) in [5.41, 5.74) is 2.73. The zero-order valence-electron chi connectivity index (χ0n) is 16.9. The normalized spacial score (nSPS) is 14.0. The van der Waals surface area contributed by atoms with Crippen molar-refractivity contribution in [1.29, 1.82) is 0 Å². The first-order valence-corrected chi connectivity index (χ1v) is 10.2. The number of benzene rings is 2. The number of ether oxygens (including phenoxy) is 2. The van der Waals surface area contributed by atoms with E-state index in [-0.39, 0.29) is 5.56 Å². The average molecular weight is 415 g/mol. The lowest BCUT2D eigenvalue weighted by atomic mass is 10.0. The van der Waals surface area contributed by atoms with Crippen LogP contribution in [0.25, 0.3) is 22.1 Å². The molecule has 31 heavy (non-hydrogen) atoms. The Morgan fingerprint density at radius 3 is 2.61 bits per heavy atom. The Morgan fingerprint density at radius 2 is 1.84 bits per heavy atom. The maximum atomic E-state index is 12.8. The molecule has 2 aromatic heterocycles. The first-order chi connectivity index (χ1) is 15.3. The van der Waals surface area contributed by atoms with Crippen LogP contribution in [0.1, 0.15) is 5.56 Å². The van der Waals surface area contributed by atoms with E-state index in [9.17, 15) is 4.79 Å². The molecule has 0 N–H and O–H groups in total. The Morgan fingerprint density at radius 1 is 1.00 bits per heavy atom. The molecule has 4 aromatic rings. The molecule has 0 unspecified atom stereocenters. The van der Waals surface area contributed by atoms with Crippen molar-refractivity contribution in [2.45, 2.75) is 6.61 Å². The fourth-order valence-electron chi connectivity index (χ4n) is 3.63. The van der Waals surface area contributed by atoms with E-state index in [1.54, 1.807) is 24.5 Å². The van der Waals surface area contributed by atoms with Crippen LogP contribution in [0.15, 0.2) is 76.2 Å². The van der Waals surface area contributed by atoms with Crippen molar-refractivity contribution in [3.8, 4) is 16.9 Å². The van der Waals surface area contributed by atoms with Crippen LogP contribution >= 0.6 is 0 Å². The van der Waals surface area contributed by atoms with Gasteiger partial charge in [-0.1, -0.05) is 36.4 Å². The molecule has 0 saturated carbocycles. The third-order valence-corrected chi connectivity index (χ3v) is 5.20. The number of hydrogen-bond acceptors (Lipinski definition) is 7. The maximum absolute atomic E-state index is 12.8. The van der Waals surface area contributed by atoms with E-state index >= 15 is 0 Å². The van der Waals surface area contributed by atoms with Crippen molar-refractivity contribution < 1.29 is 13.9 Å². The Hall–Kier alpha value is -3.71. The number of morpholine rings is 1. The molecule has 0 atom stereocenters. The minimum absolute atomic E-state index is 0.308. The second kappa shape index (κ2) is 8.57. The van der Waals surface area contributed by atoms with E-state index in [0.717, 1.165) is 16.7 Å². The molecule has 0 aliphatic carbocycles. The van der Waals surface area contributed by atoms with Gasteiger partial charge >= 0.3 is 6.01 Å². The van der Waals surface area contributed by atoms with E-state index < -0.39 is 0 Å². The molecule has 7 nitrogen and oxygen atoms in total. The number of nitrogens with zero attached hydrogens (tertiary/aromatic N) is 3. The van der Waals surface area contributed by atoms with Gasteiger partial charge in [0.1, 0.15) is 12.4 Å². The molecule has 0 bridgehead atoms. The highest BCUT2D eigenvalue weighted by molar-refractivity contribution is 5.95. The highest BCUT2D eigenvalue weighted by Crippen LogP contribution is 2.37. The molecule has 3 heterocycles. The first-order valence-electron chi connectivity index (χ1n) is 10.2. The summed E-state index contributed by atoms with van der Waals surface area (Å²) in [4.78, 5) is 23.1. The van der Waals surface area contributed by atoms with Crippen molar-refractivity contribution in [2.75, 3.05) is 31.2 Å². The Bertz CT molecular complexity index is 1240. The average Bonchev–Trinajstić information content (AvgIpc) is 2.84. The minimum Gasteiger partial charge on any atom is -0.488 e. The largest absolute Gasteiger partial charge is 0.488 e. The van der Waals surface area contributed by atoms with Crippen LogP contribution in [0.3, 0.4) is 0 Å². The molecule has 5 rings (SSSR count). The third kappa shape index (κ3) is 4.00. The predicted molar refractivity (Wildman–Crippen MR) is 117 cm³/mol. The Kier molecular flexibility index (Phi) is 5.33. The first kappa shape index (κ1) is 19.3.